The summed E-state index contributed by atoms with van der Waals surface area (Å²) >= 11 is 0. The zero-order chi connectivity index (χ0) is 14.3. The number of nitrogens with one attached hydrogen (secondary N) is 2. The number of aliphatic hydroxyl groups is 1. The van der Waals surface area contributed by atoms with Gasteiger partial charge in [-0.2, -0.15) is 0 Å². The average molecular weight is 271 g/mol. The average Bonchev–Trinajstić information content (AvgIpc) is 2.75. The summed E-state index contributed by atoms with van der Waals surface area (Å²) in [5, 5.41) is 14.1. The number of urea groups is 1. The molecule has 0 radical (unpaired) electrons. The van der Waals surface area contributed by atoms with Crippen LogP contribution in [0.3, 0.4) is 0 Å². The molecule has 1 fully saturated rings. The third kappa shape index (κ3) is 6.02. The van der Waals surface area contributed by atoms with E-state index < -0.39 is 6.03 Å². The lowest BCUT2D eigenvalue weighted by molar-refractivity contribution is -0.121. The second-order valence-electron chi connectivity index (χ2n) is 5.44. The summed E-state index contributed by atoms with van der Waals surface area (Å²) < 4.78 is 0. The van der Waals surface area contributed by atoms with Crippen LogP contribution in [-0.2, 0) is 4.79 Å². The molecule has 6 heteroatoms. The van der Waals surface area contributed by atoms with Crippen LogP contribution in [-0.4, -0.2) is 54.2 Å². The molecular weight excluding hydrogens is 246 g/mol. The highest BCUT2D eigenvalue weighted by Gasteiger charge is 2.25. The lowest BCUT2D eigenvalue weighted by Crippen LogP contribution is -2.46. The van der Waals surface area contributed by atoms with Gasteiger partial charge in [0.1, 0.15) is 0 Å². The maximum absolute atomic E-state index is 11.7. The van der Waals surface area contributed by atoms with Gasteiger partial charge >= 0.3 is 6.03 Å². The standard InChI is InChI=1S/C13H25N3O3/c1-10(2)5-6-14-13(19)15-12(18)8-16-7-3-4-11(16)9-17/h10-11,17H,3-9H2,1-2H3,(H2,14,15,18,19). The molecule has 1 unspecified atom stereocenters. The Kier molecular flexibility index (Phi) is 6.80. The number of carbonyl (C=O) groups excluding carboxylic acids is 2. The minimum Gasteiger partial charge on any atom is -0.395 e. The van der Waals surface area contributed by atoms with E-state index in [1.807, 2.05) is 4.90 Å². The SMILES string of the molecule is CC(C)CCNC(=O)NC(=O)CN1CCCC1CO. The number of hydrogen-bond donors (Lipinski definition) is 3. The lowest BCUT2D eigenvalue weighted by Gasteiger charge is -2.21. The smallest absolute Gasteiger partial charge is 0.321 e. The Balaban J connectivity index is 2.21. The largest absolute Gasteiger partial charge is 0.395 e. The summed E-state index contributed by atoms with van der Waals surface area (Å²) in [6.45, 7) is 5.75. The van der Waals surface area contributed by atoms with Crippen molar-refractivity contribution in [1.82, 2.24) is 15.5 Å². The van der Waals surface area contributed by atoms with Gasteiger partial charge in [0.05, 0.1) is 13.2 Å². The molecule has 1 aliphatic rings. The summed E-state index contributed by atoms with van der Waals surface area (Å²) in [7, 11) is 0. The number of carbonyl (C=O) groups is 2. The van der Waals surface area contributed by atoms with Crippen LogP contribution in [0.5, 0.6) is 0 Å². The third-order valence-electron chi connectivity index (χ3n) is 3.32. The van der Waals surface area contributed by atoms with Gasteiger partial charge in [-0.25, -0.2) is 4.79 Å². The number of hydrogen-bond acceptors (Lipinski definition) is 4. The van der Waals surface area contributed by atoms with Crippen molar-refractivity contribution in [2.45, 2.75) is 39.2 Å². The highest BCUT2D eigenvalue weighted by atomic mass is 16.3. The summed E-state index contributed by atoms with van der Waals surface area (Å²) in [4.78, 5) is 25.0. The third-order valence-corrected chi connectivity index (χ3v) is 3.32. The fraction of sp³-hybridized carbons (Fsp3) is 0.846. The molecule has 0 aromatic rings. The predicted octanol–water partition coefficient (Wildman–Crippen LogP) is 0.315. The van der Waals surface area contributed by atoms with Gasteiger partial charge in [0.15, 0.2) is 0 Å². The topological polar surface area (TPSA) is 81.7 Å². The van der Waals surface area contributed by atoms with E-state index in [9.17, 15) is 9.59 Å². The quantitative estimate of drug-likeness (QED) is 0.649. The maximum Gasteiger partial charge on any atom is 0.321 e. The Morgan fingerprint density at radius 1 is 1.42 bits per heavy atom. The van der Waals surface area contributed by atoms with Crippen molar-refractivity contribution >= 4 is 11.9 Å². The highest BCUT2D eigenvalue weighted by Crippen LogP contribution is 2.15. The van der Waals surface area contributed by atoms with Gasteiger partial charge in [-0.1, -0.05) is 13.8 Å². The van der Waals surface area contributed by atoms with Crippen molar-refractivity contribution in [1.29, 1.82) is 0 Å². The van der Waals surface area contributed by atoms with Gasteiger partial charge in [-0.15, -0.1) is 0 Å². The van der Waals surface area contributed by atoms with Gasteiger partial charge in [0.2, 0.25) is 5.91 Å². The first-order chi connectivity index (χ1) is 9.02. The molecule has 3 amide bonds. The molecule has 6 nitrogen and oxygen atoms in total. The maximum atomic E-state index is 11.7. The van der Waals surface area contributed by atoms with Crippen LogP contribution in [0.25, 0.3) is 0 Å². The number of aliphatic hydroxyl groups excluding tert-OH is 1. The second-order valence-corrected chi connectivity index (χ2v) is 5.44. The Bertz CT molecular complexity index is 308. The number of rotatable bonds is 6. The van der Waals surface area contributed by atoms with Crippen molar-refractivity contribution < 1.29 is 14.7 Å². The second kappa shape index (κ2) is 8.12. The first-order valence-corrected chi connectivity index (χ1v) is 6.95. The Hall–Kier alpha value is -1.14. The summed E-state index contributed by atoms with van der Waals surface area (Å²) in [6, 6.07) is -0.389. The van der Waals surface area contributed by atoms with Gasteiger partial charge in [0.25, 0.3) is 0 Å². The van der Waals surface area contributed by atoms with E-state index in [4.69, 9.17) is 5.11 Å². The molecule has 1 aliphatic heterocycles. The molecule has 1 saturated heterocycles. The zero-order valence-electron chi connectivity index (χ0n) is 11.8. The number of likely N-dealkylation sites (tertiary alicyclic amines) is 1. The summed E-state index contributed by atoms with van der Waals surface area (Å²) in [6.07, 6.45) is 2.78. The number of nitrogens with zero attached hydrogens (tertiary/aromatic N) is 1. The van der Waals surface area contributed by atoms with Crippen molar-refractivity contribution in [3.05, 3.63) is 0 Å². The first-order valence-electron chi connectivity index (χ1n) is 6.95. The minimum absolute atomic E-state index is 0.0507. The lowest BCUT2D eigenvalue weighted by atomic mass is 10.1. The molecule has 0 aromatic heterocycles. The van der Waals surface area contributed by atoms with E-state index in [1.54, 1.807) is 0 Å². The van der Waals surface area contributed by atoms with E-state index in [1.165, 1.54) is 0 Å². The van der Waals surface area contributed by atoms with E-state index >= 15 is 0 Å². The molecule has 1 atom stereocenters. The molecule has 0 aliphatic carbocycles. The Labute approximate surface area is 114 Å². The summed E-state index contributed by atoms with van der Waals surface area (Å²) in [5.74, 6) is 0.202. The fourth-order valence-corrected chi connectivity index (χ4v) is 2.18. The monoisotopic (exact) mass is 271 g/mol. The van der Waals surface area contributed by atoms with Crippen LogP contribution >= 0.6 is 0 Å². The molecule has 0 spiro atoms. The highest BCUT2D eigenvalue weighted by molar-refractivity contribution is 5.95. The van der Waals surface area contributed by atoms with E-state index in [2.05, 4.69) is 24.5 Å². The predicted molar refractivity (Wildman–Crippen MR) is 72.7 cm³/mol. The van der Waals surface area contributed by atoms with Crippen LogP contribution in [0.4, 0.5) is 4.79 Å². The van der Waals surface area contributed by atoms with Crippen molar-refractivity contribution in [3.8, 4) is 0 Å². The number of imide groups is 1. The van der Waals surface area contributed by atoms with Gasteiger partial charge in [-0.3, -0.25) is 15.0 Å². The zero-order valence-corrected chi connectivity index (χ0v) is 11.8. The molecule has 0 saturated carbocycles. The molecular formula is C13H25N3O3. The Morgan fingerprint density at radius 3 is 2.79 bits per heavy atom. The fourth-order valence-electron chi connectivity index (χ4n) is 2.18. The van der Waals surface area contributed by atoms with Crippen LogP contribution in [0.2, 0.25) is 0 Å². The first kappa shape index (κ1) is 15.9. The van der Waals surface area contributed by atoms with Crippen LogP contribution in [0.1, 0.15) is 33.1 Å². The number of amides is 3. The normalized spacial score (nSPS) is 19.7. The van der Waals surface area contributed by atoms with Gasteiger partial charge in [0, 0.05) is 12.6 Å². The Morgan fingerprint density at radius 2 is 2.16 bits per heavy atom. The van der Waals surface area contributed by atoms with Crippen LogP contribution < -0.4 is 10.6 Å². The van der Waals surface area contributed by atoms with Crippen LogP contribution in [0, 0.1) is 5.92 Å². The molecule has 0 aromatic carbocycles. The van der Waals surface area contributed by atoms with Crippen molar-refractivity contribution in [2.24, 2.45) is 5.92 Å². The molecule has 0 bridgehead atoms. The minimum atomic E-state index is -0.439. The van der Waals surface area contributed by atoms with E-state index in [0.29, 0.717) is 12.5 Å². The van der Waals surface area contributed by atoms with Gasteiger partial charge < -0.3 is 10.4 Å². The van der Waals surface area contributed by atoms with Crippen molar-refractivity contribution in [3.63, 3.8) is 0 Å². The van der Waals surface area contributed by atoms with E-state index in [-0.39, 0.29) is 25.1 Å². The molecule has 3 N–H and O–H groups in total. The molecule has 1 heterocycles. The molecule has 110 valence electrons. The molecule has 19 heavy (non-hydrogen) atoms. The molecule has 1 rings (SSSR count). The van der Waals surface area contributed by atoms with E-state index in [0.717, 1.165) is 25.8 Å². The van der Waals surface area contributed by atoms with Crippen LogP contribution in [0.15, 0.2) is 0 Å². The van der Waals surface area contributed by atoms with Crippen molar-refractivity contribution in [2.75, 3.05) is 26.2 Å². The summed E-state index contributed by atoms with van der Waals surface area (Å²) in [5.41, 5.74) is 0. The van der Waals surface area contributed by atoms with Gasteiger partial charge in [-0.05, 0) is 31.7 Å².